The lowest BCUT2D eigenvalue weighted by atomic mass is 10.0. The molecule has 0 amide bonds. The SMILES string of the molecule is CSc1cccc(CN2CC[C@@H](Oc3cc(F)cc(F)c3)[C@H](O)C2)c1. The van der Waals surface area contributed by atoms with Gasteiger partial charge in [-0.25, -0.2) is 8.78 Å². The van der Waals surface area contributed by atoms with Crippen LogP contribution in [0.1, 0.15) is 12.0 Å². The zero-order valence-electron chi connectivity index (χ0n) is 14.0. The molecular formula is C19H21F2NO2S. The van der Waals surface area contributed by atoms with E-state index < -0.39 is 23.8 Å². The van der Waals surface area contributed by atoms with Gasteiger partial charge in [0.05, 0.1) is 0 Å². The number of halogens is 2. The van der Waals surface area contributed by atoms with Crippen LogP contribution in [0.25, 0.3) is 0 Å². The van der Waals surface area contributed by atoms with Gasteiger partial charge in [0, 0.05) is 42.7 Å². The molecule has 0 aliphatic carbocycles. The van der Waals surface area contributed by atoms with Crippen molar-refractivity contribution in [3.05, 3.63) is 59.7 Å². The van der Waals surface area contributed by atoms with Gasteiger partial charge in [-0.1, -0.05) is 12.1 Å². The minimum Gasteiger partial charge on any atom is -0.487 e. The van der Waals surface area contributed by atoms with Crippen LogP contribution < -0.4 is 4.74 Å². The summed E-state index contributed by atoms with van der Waals surface area (Å²) >= 11 is 1.70. The standard InChI is InChI=1S/C19H21F2NO2S/c1-25-17-4-2-3-13(7-17)11-22-6-5-19(18(23)12-22)24-16-9-14(20)8-15(21)10-16/h2-4,7-10,18-19,23H,5-6,11-12H2,1H3/t18-,19-/m1/s1. The van der Waals surface area contributed by atoms with E-state index in [0.29, 0.717) is 13.0 Å². The first-order valence-corrected chi connectivity index (χ1v) is 9.42. The van der Waals surface area contributed by atoms with Crippen LogP contribution in [0.15, 0.2) is 47.4 Å². The molecule has 3 nitrogen and oxygen atoms in total. The summed E-state index contributed by atoms with van der Waals surface area (Å²) < 4.78 is 32.1. The molecule has 3 rings (SSSR count). The van der Waals surface area contributed by atoms with Gasteiger partial charge in [-0.15, -0.1) is 11.8 Å². The Morgan fingerprint density at radius 3 is 2.64 bits per heavy atom. The van der Waals surface area contributed by atoms with Gasteiger partial charge in [0.15, 0.2) is 0 Å². The molecule has 1 aliphatic heterocycles. The number of aliphatic hydroxyl groups excluding tert-OH is 1. The molecule has 25 heavy (non-hydrogen) atoms. The first-order valence-electron chi connectivity index (χ1n) is 8.19. The average molecular weight is 365 g/mol. The van der Waals surface area contributed by atoms with Crippen LogP contribution in [0, 0.1) is 11.6 Å². The Bertz CT molecular complexity index is 708. The van der Waals surface area contributed by atoms with Crippen LogP contribution in [-0.4, -0.2) is 41.6 Å². The van der Waals surface area contributed by atoms with Gasteiger partial charge in [-0.2, -0.15) is 0 Å². The second-order valence-corrected chi connectivity index (χ2v) is 7.08. The summed E-state index contributed by atoms with van der Waals surface area (Å²) in [5.74, 6) is -1.26. The molecule has 1 N–H and O–H groups in total. The fourth-order valence-electron chi connectivity index (χ4n) is 3.06. The van der Waals surface area contributed by atoms with E-state index in [1.54, 1.807) is 11.8 Å². The number of aliphatic hydroxyl groups is 1. The van der Waals surface area contributed by atoms with Crippen LogP contribution >= 0.6 is 11.8 Å². The zero-order valence-corrected chi connectivity index (χ0v) is 14.8. The second-order valence-electron chi connectivity index (χ2n) is 6.20. The van der Waals surface area contributed by atoms with Crippen molar-refractivity contribution >= 4 is 11.8 Å². The molecule has 0 spiro atoms. The number of hydrogen-bond acceptors (Lipinski definition) is 4. The Kier molecular flexibility index (Phi) is 5.93. The largest absolute Gasteiger partial charge is 0.487 e. The smallest absolute Gasteiger partial charge is 0.129 e. The van der Waals surface area contributed by atoms with E-state index in [9.17, 15) is 13.9 Å². The molecule has 134 valence electrons. The lowest BCUT2D eigenvalue weighted by Crippen LogP contribution is -2.48. The van der Waals surface area contributed by atoms with Gasteiger partial charge in [0.2, 0.25) is 0 Å². The highest BCUT2D eigenvalue weighted by Gasteiger charge is 2.29. The zero-order chi connectivity index (χ0) is 17.8. The number of β-amino-alcohol motifs (C(OH)–C–C–N with tert-alkyl or cyclic N) is 1. The maximum atomic E-state index is 13.3. The van der Waals surface area contributed by atoms with Gasteiger partial charge < -0.3 is 9.84 Å². The topological polar surface area (TPSA) is 32.7 Å². The number of ether oxygens (including phenoxy) is 1. The van der Waals surface area contributed by atoms with Gasteiger partial charge in [-0.3, -0.25) is 4.90 Å². The van der Waals surface area contributed by atoms with E-state index in [4.69, 9.17) is 4.74 Å². The Labute approximate surface area is 150 Å². The van der Waals surface area contributed by atoms with Crippen molar-refractivity contribution in [2.45, 2.75) is 30.1 Å². The highest BCUT2D eigenvalue weighted by Crippen LogP contribution is 2.23. The van der Waals surface area contributed by atoms with E-state index >= 15 is 0 Å². The fourth-order valence-corrected chi connectivity index (χ4v) is 3.54. The molecule has 0 saturated carbocycles. The highest BCUT2D eigenvalue weighted by molar-refractivity contribution is 7.98. The lowest BCUT2D eigenvalue weighted by molar-refractivity contribution is -0.0277. The van der Waals surface area contributed by atoms with Crippen LogP contribution in [-0.2, 0) is 6.54 Å². The Morgan fingerprint density at radius 1 is 1.20 bits per heavy atom. The van der Waals surface area contributed by atoms with Crippen molar-refractivity contribution < 1.29 is 18.6 Å². The third kappa shape index (κ3) is 4.93. The van der Waals surface area contributed by atoms with Crippen molar-refractivity contribution in [1.29, 1.82) is 0 Å². The monoisotopic (exact) mass is 365 g/mol. The molecule has 1 saturated heterocycles. The number of nitrogens with zero attached hydrogens (tertiary/aromatic N) is 1. The number of benzene rings is 2. The predicted molar refractivity (Wildman–Crippen MR) is 94.9 cm³/mol. The van der Waals surface area contributed by atoms with E-state index in [-0.39, 0.29) is 5.75 Å². The number of hydrogen-bond donors (Lipinski definition) is 1. The summed E-state index contributed by atoms with van der Waals surface area (Å²) in [6.07, 6.45) is 1.47. The van der Waals surface area contributed by atoms with Crippen LogP contribution in [0.2, 0.25) is 0 Å². The molecule has 0 radical (unpaired) electrons. The quantitative estimate of drug-likeness (QED) is 0.819. The van der Waals surface area contributed by atoms with E-state index in [0.717, 1.165) is 31.3 Å². The number of thioether (sulfide) groups is 1. The Morgan fingerprint density at radius 2 is 1.96 bits per heavy atom. The van der Waals surface area contributed by atoms with Crippen molar-refractivity contribution in [2.24, 2.45) is 0 Å². The molecule has 1 heterocycles. The molecule has 1 aliphatic rings. The number of rotatable bonds is 5. The van der Waals surface area contributed by atoms with E-state index in [2.05, 4.69) is 23.1 Å². The Balaban J connectivity index is 1.58. The summed E-state index contributed by atoms with van der Waals surface area (Å²) in [7, 11) is 0. The summed E-state index contributed by atoms with van der Waals surface area (Å²) in [6, 6.07) is 11.4. The van der Waals surface area contributed by atoms with E-state index in [1.165, 1.54) is 10.5 Å². The maximum absolute atomic E-state index is 13.3. The van der Waals surface area contributed by atoms with Gasteiger partial charge in [-0.05, 0) is 30.4 Å². The highest BCUT2D eigenvalue weighted by atomic mass is 32.2. The maximum Gasteiger partial charge on any atom is 0.129 e. The van der Waals surface area contributed by atoms with Crippen molar-refractivity contribution in [3.63, 3.8) is 0 Å². The fraction of sp³-hybridized carbons (Fsp3) is 0.368. The summed E-state index contributed by atoms with van der Waals surface area (Å²) in [6.45, 7) is 1.97. The third-order valence-electron chi connectivity index (χ3n) is 4.27. The normalized spacial score (nSPS) is 21.3. The molecule has 2 aromatic rings. The minimum atomic E-state index is -0.705. The predicted octanol–water partition coefficient (Wildman–Crippen LogP) is 3.70. The van der Waals surface area contributed by atoms with Gasteiger partial charge in [0.25, 0.3) is 0 Å². The second kappa shape index (κ2) is 8.17. The summed E-state index contributed by atoms with van der Waals surface area (Å²) in [4.78, 5) is 3.38. The molecule has 2 atom stereocenters. The molecule has 0 bridgehead atoms. The average Bonchev–Trinajstić information content (AvgIpc) is 2.57. The first kappa shape index (κ1) is 18.2. The molecule has 2 aromatic carbocycles. The number of likely N-dealkylation sites (tertiary alicyclic amines) is 1. The van der Waals surface area contributed by atoms with Gasteiger partial charge >= 0.3 is 0 Å². The molecule has 0 aromatic heterocycles. The van der Waals surface area contributed by atoms with Gasteiger partial charge in [0.1, 0.15) is 29.6 Å². The van der Waals surface area contributed by atoms with E-state index in [1.807, 2.05) is 12.3 Å². The third-order valence-corrected chi connectivity index (χ3v) is 4.99. The molecule has 0 unspecified atom stereocenters. The first-order chi connectivity index (χ1) is 12.0. The minimum absolute atomic E-state index is 0.114. The summed E-state index contributed by atoms with van der Waals surface area (Å²) in [5.41, 5.74) is 1.20. The van der Waals surface area contributed by atoms with Crippen LogP contribution in [0.5, 0.6) is 5.75 Å². The number of piperidine rings is 1. The molecule has 1 fully saturated rings. The molecular weight excluding hydrogens is 344 g/mol. The Hall–Kier alpha value is -1.63. The van der Waals surface area contributed by atoms with Crippen molar-refractivity contribution in [3.8, 4) is 5.75 Å². The van der Waals surface area contributed by atoms with Crippen LogP contribution in [0.3, 0.4) is 0 Å². The molecule has 6 heteroatoms. The summed E-state index contributed by atoms with van der Waals surface area (Å²) in [5, 5.41) is 10.4. The lowest BCUT2D eigenvalue weighted by Gasteiger charge is -2.36. The van der Waals surface area contributed by atoms with Crippen LogP contribution in [0.4, 0.5) is 8.78 Å². The van der Waals surface area contributed by atoms with Crippen molar-refractivity contribution in [2.75, 3.05) is 19.3 Å². The van der Waals surface area contributed by atoms with Crippen molar-refractivity contribution in [1.82, 2.24) is 4.90 Å².